The van der Waals surface area contributed by atoms with Crippen molar-refractivity contribution >= 4 is 28.4 Å². The molecule has 0 radical (unpaired) electrons. The lowest BCUT2D eigenvalue weighted by molar-refractivity contribution is -0.137. The molecule has 0 fully saturated rings. The summed E-state index contributed by atoms with van der Waals surface area (Å²) in [5, 5.41) is 12.5. The van der Waals surface area contributed by atoms with E-state index in [2.05, 4.69) is 10.3 Å². The van der Waals surface area contributed by atoms with Gasteiger partial charge in [-0.25, -0.2) is 4.98 Å². The number of nitrogens with zero attached hydrogens (tertiary/aromatic N) is 4. The van der Waals surface area contributed by atoms with Crippen LogP contribution in [0.25, 0.3) is 16.7 Å². The molecule has 0 aliphatic carbocycles. The number of benzene rings is 2. The van der Waals surface area contributed by atoms with Gasteiger partial charge in [0.2, 0.25) is 0 Å². The number of fused-ring (bicyclic) bond motifs is 3. The molecule has 0 bridgehead atoms. The van der Waals surface area contributed by atoms with E-state index in [0.717, 1.165) is 11.6 Å². The minimum Gasteiger partial charge on any atom is -0.367 e. The van der Waals surface area contributed by atoms with Gasteiger partial charge in [0.15, 0.2) is 5.65 Å². The zero-order valence-electron chi connectivity index (χ0n) is 17.2. The highest BCUT2D eigenvalue weighted by Crippen LogP contribution is 2.37. The normalized spacial score (nSPS) is 11.5. The lowest BCUT2D eigenvalue weighted by Crippen LogP contribution is -2.21. The van der Waals surface area contributed by atoms with Crippen molar-refractivity contribution in [1.82, 2.24) is 14.3 Å². The van der Waals surface area contributed by atoms with Crippen LogP contribution in [0.1, 0.15) is 27.0 Å². The van der Waals surface area contributed by atoms with Crippen molar-refractivity contribution in [2.75, 3.05) is 19.4 Å². The fourth-order valence-corrected chi connectivity index (χ4v) is 3.51. The van der Waals surface area contributed by atoms with Crippen LogP contribution in [-0.2, 0) is 12.7 Å². The molecule has 2 aromatic carbocycles. The zero-order valence-corrected chi connectivity index (χ0v) is 17.2. The first-order valence-corrected chi connectivity index (χ1v) is 9.66. The second-order valence-corrected chi connectivity index (χ2v) is 7.44. The molecule has 0 atom stereocenters. The van der Waals surface area contributed by atoms with Crippen LogP contribution in [0.15, 0.2) is 54.6 Å². The highest BCUT2D eigenvalue weighted by Gasteiger charge is 2.36. The van der Waals surface area contributed by atoms with Gasteiger partial charge >= 0.3 is 6.18 Å². The molecular weight excluding hydrogens is 419 g/mol. The van der Waals surface area contributed by atoms with Gasteiger partial charge in [-0.2, -0.15) is 18.4 Å². The fraction of sp³-hybridized carbons (Fsp3) is 0.174. The molecule has 0 saturated heterocycles. The molecule has 9 heteroatoms. The number of imidazole rings is 1. The number of pyridine rings is 1. The Bertz CT molecular complexity index is 1370. The number of halogens is 3. The van der Waals surface area contributed by atoms with Crippen molar-refractivity contribution in [2.24, 2.45) is 0 Å². The third-order valence-corrected chi connectivity index (χ3v) is 5.07. The average Bonchev–Trinajstić information content (AvgIpc) is 3.16. The molecule has 4 rings (SSSR count). The maximum absolute atomic E-state index is 13.7. The minimum absolute atomic E-state index is 0.0575. The second-order valence-electron chi connectivity index (χ2n) is 7.44. The van der Waals surface area contributed by atoms with Gasteiger partial charge < -0.3 is 10.2 Å². The lowest BCUT2D eigenvalue weighted by atomic mass is 10.1. The number of nitriles is 1. The van der Waals surface area contributed by atoms with Crippen LogP contribution in [0, 0.1) is 11.3 Å². The van der Waals surface area contributed by atoms with E-state index in [-0.39, 0.29) is 23.9 Å². The number of alkyl halides is 3. The first kappa shape index (κ1) is 21.2. The number of carbonyl (C=O) groups is 1. The second kappa shape index (κ2) is 7.89. The Morgan fingerprint density at radius 2 is 1.84 bits per heavy atom. The summed E-state index contributed by atoms with van der Waals surface area (Å²) in [6, 6.07) is 16.3. The van der Waals surface area contributed by atoms with Crippen molar-refractivity contribution in [2.45, 2.75) is 12.7 Å². The van der Waals surface area contributed by atoms with E-state index in [1.807, 2.05) is 0 Å². The Balaban J connectivity index is 1.78. The van der Waals surface area contributed by atoms with Gasteiger partial charge in [-0.3, -0.25) is 9.20 Å². The molecule has 4 aromatic rings. The van der Waals surface area contributed by atoms with Crippen LogP contribution in [-0.4, -0.2) is 34.3 Å². The highest BCUT2D eigenvalue weighted by molar-refractivity contribution is 5.93. The Morgan fingerprint density at radius 1 is 1.16 bits per heavy atom. The minimum atomic E-state index is -4.71. The molecule has 0 saturated carbocycles. The van der Waals surface area contributed by atoms with Crippen LogP contribution >= 0.6 is 0 Å². The quantitative estimate of drug-likeness (QED) is 0.503. The molecule has 0 unspecified atom stereocenters. The van der Waals surface area contributed by atoms with E-state index in [0.29, 0.717) is 16.6 Å². The SMILES string of the molecule is CN(C)C(=O)c1ccc(CNc2cc(C(F)(F)F)c(C#N)c3nc4ccccc4n23)cc1. The van der Waals surface area contributed by atoms with Gasteiger partial charge in [0.1, 0.15) is 17.5 Å². The molecule has 162 valence electrons. The molecular formula is C23H18F3N5O. The highest BCUT2D eigenvalue weighted by atomic mass is 19.4. The topological polar surface area (TPSA) is 73.4 Å². The molecule has 0 aliphatic rings. The fourth-order valence-electron chi connectivity index (χ4n) is 3.51. The number of nitrogens with one attached hydrogen (secondary N) is 1. The van der Waals surface area contributed by atoms with E-state index in [9.17, 15) is 23.2 Å². The number of hydrogen-bond donors (Lipinski definition) is 1. The zero-order chi connectivity index (χ0) is 23.0. The summed E-state index contributed by atoms with van der Waals surface area (Å²) in [4.78, 5) is 17.8. The summed E-state index contributed by atoms with van der Waals surface area (Å²) in [5.41, 5.74) is 0.733. The van der Waals surface area contributed by atoms with E-state index < -0.39 is 17.3 Å². The lowest BCUT2D eigenvalue weighted by Gasteiger charge is -2.16. The van der Waals surface area contributed by atoms with Crippen molar-refractivity contribution in [3.8, 4) is 6.07 Å². The van der Waals surface area contributed by atoms with Gasteiger partial charge in [0, 0.05) is 26.2 Å². The number of hydrogen-bond acceptors (Lipinski definition) is 4. The first-order chi connectivity index (χ1) is 15.2. The van der Waals surface area contributed by atoms with Crippen LogP contribution in [0.5, 0.6) is 0 Å². The van der Waals surface area contributed by atoms with Crippen LogP contribution in [0.4, 0.5) is 19.0 Å². The van der Waals surface area contributed by atoms with Crippen molar-refractivity contribution < 1.29 is 18.0 Å². The predicted octanol–water partition coefficient (Wildman–Crippen LogP) is 4.69. The third-order valence-electron chi connectivity index (χ3n) is 5.07. The molecule has 1 N–H and O–H groups in total. The number of aromatic nitrogens is 2. The smallest absolute Gasteiger partial charge is 0.367 e. The Hall–Kier alpha value is -4.06. The first-order valence-electron chi connectivity index (χ1n) is 9.66. The van der Waals surface area contributed by atoms with Gasteiger partial charge in [-0.15, -0.1) is 0 Å². The van der Waals surface area contributed by atoms with Crippen LogP contribution < -0.4 is 5.32 Å². The molecule has 2 heterocycles. The van der Waals surface area contributed by atoms with Gasteiger partial charge in [-0.1, -0.05) is 24.3 Å². The van der Waals surface area contributed by atoms with E-state index >= 15 is 0 Å². The number of amides is 1. The van der Waals surface area contributed by atoms with E-state index in [1.165, 1.54) is 9.30 Å². The van der Waals surface area contributed by atoms with Crippen molar-refractivity contribution in [3.63, 3.8) is 0 Å². The number of para-hydroxylation sites is 2. The number of carbonyl (C=O) groups excluding carboxylic acids is 1. The summed E-state index contributed by atoms with van der Waals surface area (Å²) < 4.78 is 42.6. The third kappa shape index (κ3) is 3.71. The Labute approximate surface area is 181 Å². The summed E-state index contributed by atoms with van der Waals surface area (Å²) in [6.07, 6.45) is -4.71. The number of anilines is 1. The van der Waals surface area contributed by atoms with Crippen molar-refractivity contribution in [3.05, 3.63) is 76.9 Å². The van der Waals surface area contributed by atoms with Gasteiger partial charge in [0.05, 0.1) is 16.6 Å². The van der Waals surface area contributed by atoms with Crippen molar-refractivity contribution in [1.29, 1.82) is 5.26 Å². The van der Waals surface area contributed by atoms with Gasteiger partial charge in [0.25, 0.3) is 5.91 Å². The molecule has 32 heavy (non-hydrogen) atoms. The average molecular weight is 437 g/mol. The molecule has 0 spiro atoms. The Morgan fingerprint density at radius 3 is 2.47 bits per heavy atom. The summed E-state index contributed by atoms with van der Waals surface area (Å²) in [5.74, 6) is 0.0199. The maximum atomic E-state index is 13.7. The Kier molecular flexibility index (Phi) is 5.22. The van der Waals surface area contributed by atoms with E-state index in [4.69, 9.17) is 0 Å². The molecule has 6 nitrogen and oxygen atoms in total. The molecule has 0 aliphatic heterocycles. The largest absolute Gasteiger partial charge is 0.417 e. The molecule has 2 aromatic heterocycles. The van der Waals surface area contributed by atoms with E-state index in [1.54, 1.807) is 68.7 Å². The predicted molar refractivity (Wildman–Crippen MR) is 114 cm³/mol. The van der Waals surface area contributed by atoms with Gasteiger partial charge in [-0.05, 0) is 35.9 Å². The van der Waals surface area contributed by atoms with Crippen LogP contribution in [0.3, 0.4) is 0 Å². The monoisotopic (exact) mass is 437 g/mol. The maximum Gasteiger partial charge on any atom is 0.417 e. The number of rotatable bonds is 4. The molecule has 1 amide bonds. The summed E-state index contributed by atoms with van der Waals surface area (Å²) in [6.45, 7) is 0.210. The summed E-state index contributed by atoms with van der Waals surface area (Å²) >= 11 is 0. The standard InChI is InChI=1S/C23H18F3N5O/c1-30(2)22(32)15-9-7-14(8-10-15)13-28-20-11-17(23(24,25)26)16(12-27)21-29-18-5-3-4-6-19(18)31(20)21/h3-11,28H,13H2,1-2H3. The van der Waals surface area contributed by atoms with Crippen LogP contribution in [0.2, 0.25) is 0 Å². The summed E-state index contributed by atoms with van der Waals surface area (Å²) in [7, 11) is 3.31.